The van der Waals surface area contributed by atoms with Crippen LogP contribution in [0.25, 0.3) is 0 Å². The normalized spacial score (nSPS) is 39.2. The summed E-state index contributed by atoms with van der Waals surface area (Å²) < 4.78 is 11.8. The molecule has 0 bridgehead atoms. The minimum absolute atomic E-state index is 0.127. The van der Waals surface area contributed by atoms with Crippen LogP contribution in [0.2, 0.25) is 0 Å². The fraction of sp³-hybridized carbons (Fsp3) is 1.00. The highest BCUT2D eigenvalue weighted by molar-refractivity contribution is 4.86. The molecule has 1 saturated heterocycles. The van der Waals surface area contributed by atoms with E-state index in [1.54, 1.807) is 0 Å². The fourth-order valence-corrected chi connectivity index (χ4v) is 3.05. The minimum Gasteiger partial charge on any atom is -0.386 e. The molecule has 18 heavy (non-hydrogen) atoms. The second kappa shape index (κ2) is 6.33. The molecule has 0 spiro atoms. The molecule has 1 aliphatic heterocycles. The van der Waals surface area contributed by atoms with E-state index in [-0.39, 0.29) is 18.2 Å². The van der Waals surface area contributed by atoms with Gasteiger partial charge in [0.05, 0.1) is 12.2 Å². The average Bonchev–Trinajstić information content (AvgIpc) is 2.34. The third-order valence-electron chi connectivity index (χ3n) is 4.15. The van der Waals surface area contributed by atoms with Gasteiger partial charge in [-0.15, -0.1) is 0 Å². The Hall–Kier alpha value is -0.160. The molecule has 4 heteroatoms. The largest absolute Gasteiger partial charge is 0.386 e. The Morgan fingerprint density at radius 1 is 1.17 bits per heavy atom. The van der Waals surface area contributed by atoms with Gasteiger partial charge in [-0.2, -0.15) is 0 Å². The lowest BCUT2D eigenvalue weighted by Gasteiger charge is -2.42. The summed E-state index contributed by atoms with van der Waals surface area (Å²) in [6.45, 7) is 2.06. The van der Waals surface area contributed by atoms with Gasteiger partial charge in [-0.3, -0.25) is 0 Å². The van der Waals surface area contributed by atoms with E-state index in [1.165, 1.54) is 19.3 Å². The topological polar surface area (TPSA) is 41.9 Å². The maximum Gasteiger partial charge on any atom is 0.185 e. The van der Waals surface area contributed by atoms with Gasteiger partial charge in [0.1, 0.15) is 6.10 Å². The zero-order valence-electron chi connectivity index (χ0n) is 11.8. The van der Waals surface area contributed by atoms with Crippen molar-refractivity contribution >= 4 is 0 Å². The number of hydrogen-bond donors (Lipinski definition) is 1. The van der Waals surface area contributed by atoms with Gasteiger partial charge in [0.25, 0.3) is 0 Å². The number of ether oxygens (including phenoxy) is 2. The summed E-state index contributed by atoms with van der Waals surface area (Å²) in [5.41, 5.74) is 0. The zero-order valence-corrected chi connectivity index (χ0v) is 11.8. The van der Waals surface area contributed by atoms with Crippen LogP contribution in [0.1, 0.15) is 45.4 Å². The summed E-state index contributed by atoms with van der Waals surface area (Å²) in [6, 6.07) is 0.127. The molecule has 0 aromatic heterocycles. The minimum atomic E-state index is -0.543. The van der Waals surface area contributed by atoms with E-state index in [0.717, 1.165) is 19.3 Å². The van der Waals surface area contributed by atoms with Crippen LogP contribution >= 0.6 is 0 Å². The van der Waals surface area contributed by atoms with Crippen molar-refractivity contribution in [2.45, 2.75) is 76.1 Å². The van der Waals surface area contributed by atoms with E-state index in [1.807, 2.05) is 14.1 Å². The molecule has 2 rings (SSSR count). The monoisotopic (exact) mass is 257 g/mol. The van der Waals surface area contributed by atoms with Gasteiger partial charge in [0.15, 0.2) is 6.29 Å². The summed E-state index contributed by atoms with van der Waals surface area (Å²) in [6.07, 6.45) is 6.27. The highest BCUT2D eigenvalue weighted by atomic mass is 16.7. The van der Waals surface area contributed by atoms with Crippen molar-refractivity contribution in [3.8, 4) is 0 Å². The van der Waals surface area contributed by atoms with Crippen molar-refractivity contribution in [3.63, 3.8) is 0 Å². The second-order valence-corrected chi connectivity index (χ2v) is 5.97. The Labute approximate surface area is 110 Å². The predicted molar refractivity (Wildman–Crippen MR) is 70.4 cm³/mol. The van der Waals surface area contributed by atoms with Crippen LogP contribution in [0.15, 0.2) is 0 Å². The van der Waals surface area contributed by atoms with Crippen LogP contribution in [0.4, 0.5) is 0 Å². The third-order valence-corrected chi connectivity index (χ3v) is 4.15. The maximum atomic E-state index is 10.4. The molecule has 4 nitrogen and oxygen atoms in total. The number of rotatable bonds is 3. The first kappa shape index (κ1) is 14.3. The van der Waals surface area contributed by atoms with Gasteiger partial charge in [0.2, 0.25) is 0 Å². The Bertz CT molecular complexity index is 253. The lowest BCUT2D eigenvalue weighted by Crippen LogP contribution is -2.54. The van der Waals surface area contributed by atoms with Crippen LogP contribution in [0, 0.1) is 0 Å². The van der Waals surface area contributed by atoms with Crippen LogP contribution in [0.3, 0.4) is 0 Å². The summed E-state index contributed by atoms with van der Waals surface area (Å²) in [5, 5.41) is 10.4. The molecule has 0 aromatic carbocycles. The predicted octanol–water partition coefficient (Wildman–Crippen LogP) is 1.76. The van der Waals surface area contributed by atoms with E-state index in [9.17, 15) is 5.11 Å². The first-order chi connectivity index (χ1) is 8.58. The highest BCUT2D eigenvalue weighted by Gasteiger charge is 2.39. The van der Waals surface area contributed by atoms with Crippen molar-refractivity contribution in [1.82, 2.24) is 4.90 Å². The quantitative estimate of drug-likeness (QED) is 0.836. The summed E-state index contributed by atoms with van der Waals surface area (Å²) in [7, 11) is 4.01. The smallest absolute Gasteiger partial charge is 0.185 e. The van der Waals surface area contributed by atoms with E-state index in [2.05, 4.69) is 11.8 Å². The van der Waals surface area contributed by atoms with E-state index >= 15 is 0 Å². The molecule has 0 radical (unpaired) electrons. The molecule has 1 heterocycles. The molecule has 106 valence electrons. The zero-order chi connectivity index (χ0) is 13.1. The fourth-order valence-electron chi connectivity index (χ4n) is 3.05. The van der Waals surface area contributed by atoms with Crippen molar-refractivity contribution in [1.29, 1.82) is 0 Å². The molecular formula is C14H27NO3. The van der Waals surface area contributed by atoms with Crippen molar-refractivity contribution in [2.75, 3.05) is 14.1 Å². The summed E-state index contributed by atoms with van der Waals surface area (Å²) in [5.74, 6) is 0. The average molecular weight is 257 g/mol. The third kappa shape index (κ3) is 3.44. The summed E-state index contributed by atoms with van der Waals surface area (Å²) >= 11 is 0. The van der Waals surface area contributed by atoms with E-state index < -0.39 is 12.4 Å². The highest BCUT2D eigenvalue weighted by Crippen LogP contribution is 2.28. The molecule has 1 aliphatic carbocycles. The molecule has 3 unspecified atom stereocenters. The first-order valence-corrected chi connectivity index (χ1v) is 7.23. The van der Waals surface area contributed by atoms with Gasteiger partial charge in [-0.25, -0.2) is 0 Å². The van der Waals surface area contributed by atoms with Crippen molar-refractivity contribution < 1.29 is 14.6 Å². The van der Waals surface area contributed by atoms with Crippen molar-refractivity contribution in [2.24, 2.45) is 0 Å². The van der Waals surface area contributed by atoms with E-state index in [4.69, 9.17) is 9.47 Å². The molecule has 2 fully saturated rings. The Balaban J connectivity index is 1.92. The molecule has 0 aromatic rings. The molecule has 0 amide bonds. The molecule has 4 atom stereocenters. The molecule has 2 aliphatic rings. The van der Waals surface area contributed by atoms with Gasteiger partial charge in [-0.1, -0.05) is 19.3 Å². The number of aliphatic hydroxyl groups excluding tert-OH is 1. The van der Waals surface area contributed by atoms with Gasteiger partial charge >= 0.3 is 0 Å². The standard InChI is InChI=1S/C14H27NO3/c1-10-9-12(15(2)3)13(16)14(17-10)18-11-7-5-4-6-8-11/h10-14,16H,4-9H2,1-3H3/t10?,12?,13?,14-/m0/s1. The molecular weight excluding hydrogens is 230 g/mol. The lowest BCUT2D eigenvalue weighted by molar-refractivity contribution is -0.270. The van der Waals surface area contributed by atoms with Crippen LogP contribution in [0.5, 0.6) is 0 Å². The van der Waals surface area contributed by atoms with Gasteiger partial charge in [0, 0.05) is 6.04 Å². The number of aliphatic hydroxyl groups is 1. The van der Waals surface area contributed by atoms with Gasteiger partial charge < -0.3 is 19.5 Å². The Kier molecular flexibility index (Phi) is 5.01. The SMILES string of the molecule is CC1CC(N(C)C)C(O)[C@H](OC2CCCCC2)O1. The van der Waals surface area contributed by atoms with Crippen molar-refractivity contribution in [3.05, 3.63) is 0 Å². The Morgan fingerprint density at radius 3 is 2.44 bits per heavy atom. The number of nitrogens with zero attached hydrogens (tertiary/aromatic N) is 1. The number of likely N-dealkylation sites (N-methyl/N-ethyl adjacent to an activating group) is 1. The van der Waals surface area contributed by atoms with Crippen LogP contribution < -0.4 is 0 Å². The molecule has 1 saturated carbocycles. The maximum absolute atomic E-state index is 10.4. The second-order valence-electron chi connectivity index (χ2n) is 5.97. The first-order valence-electron chi connectivity index (χ1n) is 7.23. The number of hydrogen-bond acceptors (Lipinski definition) is 4. The Morgan fingerprint density at radius 2 is 1.83 bits per heavy atom. The van der Waals surface area contributed by atoms with Gasteiger partial charge in [-0.05, 0) is 40.3 Å². The van der Waals surface area contributed by atoms with E-state index in [0.29, 0.717) is 0 Å². The molecule has 1 N–H and O–H groups in total. The lowest BCUT2D eigenvalue weighted by atomic mass is 9.96. The van der Waals surface area contributed by atoms with Crippen LogP contribution in [-0.2, 0) is 9.47 Å². The summed E-state index contributed by atoms with van der Waals surface area (Å²) in [4.78, 5) is 2.07. The van der Waals surface area contributed by atoms with Crippen LogP contribution in [-0.4, -0.2) is 54.7 Å².